The van der Waals surface area contributed by atoms with Crippen molar-refractivity contribution in [3.05, 3.63) is 11.9 Å². The van der Waals surface area contributed by atoms with Crippen LogP contribution in [-0.4, -0.2) is 56.6 Å². The highest BCUT2D eigenvalue weighted by Crippen LogP contribution is 2.32. The van der Waals surface area contributed by atoms with Gasteiger partial charge in [0.1, 0.15) is 0 Å². The molecule has 0 aromatic carbocycles. The van der Waals surface area contributed by atoms with Gasteiger partial charge >= 0.3 is 6.03 Å². The number of thioether (sulfide) groups is 1. The van der Waals surface area contributed by atoms with Gasteiger partial charge in [-0.05, 0) is 19.8 Å². The van der Waals surface area contributed by atoms with Crippen molar-refractivity contribution in [2.75, 3.05) is 12.3 Å². The lowest BCUT2D eigenvalue weighted by atomic mass is 10.0. The molecule has 140 valence electrons. The second-order valence-electron chi connectivity index (χ2n) is 5.99. The van der Waals surface area contributed by atoms with Crippen LogP contribution in [0.15, 0.2) is 6.20 Å². The van der Waals surface area contributed by atoms with Crippen molar-refractivity contribution in [3.63, 3.8) is 0 Å². The van der Waals surface area contributed by atoms with Crippen LogP contribution in [-0.2, 0) is 11.3 Å². The zero-order valence-electron chi connectivity index (χ0n) is 15.1. The lowest BCUT2D eigenvalue weighted by Crippen LogP contribution is -2.37. The lowest BCUT2D eigenvalue weighted by molar-refractivity contribution is -0.121. The highest BCUT2D eigenvalue weighted by Gasteiger charge is 2.42. The third-order valence-electron chi connectivity index (χ3n) is 4.15. The molecule has 9 heteroatoms. The van der Waals surface area contributed by atoms with Crippen LogP contribution in [0.4, 0.5) is 4.79 Å². The molecule has 2 aliphatic heterocycles. The van der Waals surface area contributed by atoms with Gasteiger partial charge in [0.05, 0.1) is 24.3 Å². The smallest absolute Gasteiger partial charge is 0.315 e. The summed E-state index contributed by atoms with van der Waals surface area (Å²) in [7, 11) is 0. The number of hydrogen-bond acceptors (Lipinski definition) is 5. The fraction of sp³-hybridized carbons (Fsp3) is 0.750. The number of carbonyl (C=O) groups excluding carboxylic acids is 2. The Morgan fingerprint density at radius 3 is 2.96 bits per heavy atom. The number of nitrogens with one attached hydrogen (secondary N) is 3. The van der Waals surface area contributed by atoms with Crippen LogP contribution >= 0.6 is 11.8 Å². The van der Waals surface area contributed by atoms with E-state index in [0.717, 1.165) is 24.3 Å². The van der Waals surface area contributed by atoms with Crippen LogP contribution in [0.1, 0.15) is 38.8 Å². The fourth-order valence-electron chi connectivity index (χ4n) is 3.01. The molecule has 2 fully saturated rings. The summed E-state index contributed by atoms with van der Waals surface area (Å²) in [6.45, 7) is 7.08. The van der Waals surface area contributed by atoms with Crippen LogP contribution in [0.3, 0.4) is 0 Å². The summed E-state index contributed by atoms with van der Waals surface area (Å²) in [5.41, 5.74) is 0.872. The van der Waals surface area contributed by atoms with Crippen LogP contribution in [0.5, 0.6) is 0 Å². The molecule has 3 heterocycles. The first-order valence-electron chi connectivity index (χ1n) is 8.94. The third-order valence-corrected chi connectivity index (χ3v) is 5.66. The Labute approximate surface area is 152 Å². The van der Waals surface area contributed by atoms with Crippen molar-refractivity contribution in [3.8, 4) is 0 Å². The number of carbonyl (C=O) groups is 2. The molecule has 3 atom stereocenters. The van der Waals surface area contributed by atoms with E-state index < -0.39 is 0 Å². The van der Waals surface area contributed by atoms with Crippen LogP contribution in [0.25, 0.3) is 0 Å². The van der Waals surface area contributed by atoms with Crippen molar-refractivity contribution in [1.82, 2.24) is 30.9 Å². The minimum Gasteiger partial charge on any atom is -0.354 e. The maximum absolute atomic E-state index is 11.8. The second-order valence-corrected chi connectivity index (χ2v) is 7.26. The van der Waals surface area contributed by atoms with Crippen molar-refractivity contribution in [1.29, 1.82) is 0 Å². The lowest BCUT2D eigenvalue weighted by Gasteiger charge is -2.16. The molecule has 2 saturated heterocycles. The van der Waals surface area contributed by atoms with E-state index in [-0.39, 0.29) is 24.0 Å². The SMILES string of the molecule is CC.Cc1cn(CCNC(=O)CCCC2SC[C@@H]3NC(=O)NC23)nn1. The Morgan fingerprint density at radius 1 is 1.44 bits per heavy atom. The summed E-state index contributed by atoms with van der Waals surface area (Å²) in [5, 5.41) is 17.0. The maximum atomic E-state index is 11.8. The summed E-state index contributed by atoms with van der Waals surface area (Å²) in [5.74, 6) is 1.02. The molecule has 3 N–H and O–H groups in total. The third kappa shape index (κ3) is 5.62. The van der Waals surface area contributed by atoms with E-state index in [9.17, 15) is 9.59 Å². The van der Waals surface area contributed by atoms with Gasteiger partial charge < -0.3 is 16.0 Å². The van der Waals surface area contributed by atoms with Crippen LogP contribution < -0.4 is 16.0 Å². The zero-order valence-corrected chi connectivity index (χ0v) is 15.9. The number of amides is 3. The summed E-state index contributed by atoms with van der Waals surface area (Å²) in [4.78, 5) is 23.2. The van der Waals surface area contributed by atoms with Crippen LogP contribution in [0, 0.1) is 6.92 Å². The minimum absolute atomic E-state index is 0.0635. The number of fused-ring (bicyclic) bond motifs is 1. The highest BCUT2D eigenvalue weighted by molar-refractivity contribution is 8.00. The Kier molecular flexibility index (Phi) is 7.54. The van der Waals surface area contributed by atoms with E-state index in [1.165, 1.54) is 0 Å². The molecular formula is C16H28N6O2S. The van der Waals surface area contributed by atoms with Gasteiger partial charge in [-0.1, -0.05) is 19.1 Å². The topological polar surface area (TPSA) is 101 Å². The zero-order chi connectivity index (χ0) is 18.2. The Bertz CT molecular complexity index is 579. The fourth-order valence-corrected chi connectivity index (χ4v) is 4.55. The number of rotatable bonds is 7. The average molecular weight is 369 g/mol. The largest absolute Gasteiger partial charge is 0.354 e. The monoisotopic (exact) mass is 368 g/mol. The van der Waals surface area contributed by atoms with Gasteiger partial charge in [0, 0.05) is 30.2 Å². The normalized spacial score (nSPS) is 24.0. The molecule has 1 aromatic rings. The summed E-state index contributed by atoms with van der Waals surface area (Å²) < 4.78 is 1.72. The van der Waals surface area contributed by atoms with Gasteiger partial charge in [-0.2, -0.15) is 11.8 Å². The second kappa shape index (κ2) is 9.65. The van der Waals surface area contributed by atoms with E-state index in [2.05, 4.69) is 26.3 Å². The maximum Gasteiger partial charge on any atom is 0.315 e. The molecule has 0 spiro atoms. The van der Waals surface area contributed by atoms with Crippen molar-refractivity contribution < 1.29 is 9.59 Å². The first-order valence-corrected chi connectivity index (χ1v) is 9.99. The Hall–Kier alpha value is -1.77. The molecule has 2 aliphatic rings. The summed E-state index contributed by atoms with van der Waals surface area (Å²) in [6, 6.07) is 0.398. The van der Waals surface area contributed by atoms with Gasteiger partial charge in [0.25, 0.3) is 0 Å². The summed E-state index contributed by atoms with van der Waals surface area (Å²) in [6.07, 6.45) is 4.16. The quantitative estimate of drug-likeness (QED) is 0.625. The van der Waals surface area contributed by atoms with Crippen LogP contribution in [0.2, 0.25) is 0 Å². The van der Waals surface area contributed by atoms with Gasteiger partial charge in [0.15, 0.2) is 0 Å². The van der Waals surface area contributed by atoms with E-state index in [0.29, 0.717) is 24.8 Å². The van der Waals surface area contributed by atoms with Gasteiger partial charge in [0.2, 0.25) is 5.91 Å². The van der Waals surface area contributed by atoms with Crippen molar-refractivity contribution in [2.45, 2.75) is 63.9 Å². The minimum atomic E-state index is -0.0635. The molecule has 0 saturated carbocycles. The molecule has 0 bridgehead atoms. The molecule has 3 amide bonds. The van der Waals surface area contributed by atoms with Crippen molar-refractivity contribution in [2.24, 2.45) is 0 Å². The highest BCUT2D eigenvalue weighted by atomic mass is 32.2. The van der Waals surface area contributed by atoms with E-state index in [1.807, 2.05) is 38.7 Å². The molecule has 25 heavy (non-hydrogen) atoms. The van der Waals surface area contributed by atoms with E-state index >= 15 is 0 Å². The predicted molar refractivity (Wildman–Crippen MR) is 98.5 cm³/mol. The first-order chi connectivity index (χ1) is 12.1. The standard InChI is InChI=1S/C14H22N6O2S.C2H6/c1-9-7-20(19-18-9)6-5-15-12(21)4-2-3-11-13-10(8-23-11)16-14(22)17-13;1-2/h7,10-11,13H,2-6,8H2,1H3,(H,15,21)(H2,16,17,22);1-2H3/t10-,11?,13?;/m0./s1. The Balaban J connectivity index is 0.00000109. The number of aromatic nitrogens is 3. The predicted octanol–water partition coefficient (Wildman–Crippen LogP) is 1.06. The molecule has 0 radical (unpaired) electrons. The van der Waals surface area contributed by atoms with Gasteiger partial charge in [-0.25, -0.2) is 4.79 Å². The first kappa shape index (κ1) is 19.6. The molecule has 1 aromatic heterocycles. The van der Waals surface area contributed by atoms with E-state index in [4.69, 9.17) is 0 Å². The van der Waals surface area contributed by atoms with Gasteiger partial charge in [-0.3, -0.25) is 9.48 Å². The molecule has 3 rings (SSSR count). The number of urea groups is 1. The van der Waals surface area contributed by atoms with E-state index in [1.54, 1.807) is 4.68 Å². The average Bonchev–Trinajstić information content (AvgIpc) is 3.27. The number of nitrogens with zero attached hydrogens (tertiary/aromatic N) is 3. The molecule has 0 aliphatic carbocycles. The molecule has 2 unspecified atom stereocenters. The van der Waals surface area contributed by atoms with Crippen molar-refractivity contribution >= 4 is 23.7 Å². The molecule has 8 nitrogen and oxygen atoms in total. The number of hydrogen-bond donors (Lipinski definition) is 3. The number of aryl methyl sites for hydroxylation is 1. The molecular weight excluding hydrogens is 340 g/mol. The summed E-state index contributed by atoms with van der Waals surface area (Å²) >= 11 is 1.88. The Morgan fingerprint density at radius 2 is 2.24 bits per heavy atom. The van der Waals surface area contributed by atoms with Gasteiger partial charge in [-0.15, -0.1) is 5.10 Å².